The minimum atomic E-state index is -0.0440. The third-order valence-electron chi connectivity index (χ3n) is 3.42. The Bertz CT molecular complexity index is 402. The summed E-state index contributed by atoms with van der Waals surface area (Å²) in [6, 6.07) is 10.5. The van der Waals surface area contributed by atoms with E-state index in [-0.39, 0.29) is 11.9 Å². The summed E-state index contributed by atoms with van der Waals surface area (Å²) in [4.78, 5) is 14.4. The van der Waals surface area contributed by atoms with Gasteiger partial charge in [-0.2, -0.15) is 0 Å². The summed E-state index contributed by atoms with van der Waals surface area (Å²) >= 11 is 0. The molecule has 0 aromatic heterocycles. The van der Waals surface area contributed by atoms with Gasteiger partial charge in [-0.05, 0) is 18.4 Å². The largest absolute Gasteiger partial charge is 0.335 e. The molecule has 0 saturated carbocycles. The first kappa shape index (κ1) is 13.1. The number of benzene rings is 1. The lowest BCUT2D eigenvalue weighted by Gasteiger charge is -2.38. The van der Waals surface area contributed by atoms with Crippen molar-refractivity contribution in [2.75, 3.05) is 6.54 Å². The summed E-state index contributed by atoms with van der Waals surface area (Å²) in [5, 5.41) is 3.39. The fourth-order valence-corrected chi connectivity index (χ4v) is 2.47. The molecule has 0 aliphatic carbocycles. The predicted molar refractivity (Wildman–Crippen MR) is 73.1 cm³/mol. The lowest BCUT2D eigenvalue weighted by Crippen LogP contribution is -2.60. The molecular weight excluding hydrogens is 224 g/mol. The van der Waals surface area contributed by atoms with Crippen molar-refractivity contribution in [3.05, 3.63) is 35.9 Å². The second-order valence-electron chi connectivity index (χ2n) is 5.49. The molecule has 1 fully saturated rings. The minimum absolute atomic E-state index is 0.0440. The van der Waals surface area contributed by atoms with E-state index in [4.69, 9.17) is 0 Å². The highest BCUT2D eigenvalue weighted by atomic mass is 16.2. The molecule has 1 amide bonds. The fraction of sp³-hybridized carbons (Fsp3) is 0.533. The summed E-state index contributed by atoms with van der Waals surface area (Å²) in [5.41, 5.74) is 1.20. The third kappa shape index (κ3) is 2.91. The van der Waals surface area contributed by atoms with E-state index in [2.05, 4.69) is 38.2 Å². The molecular formula is C15H22N2O. The van der Waals surface area contributed by atoms with Crippen LogP contribution in [0, 0.1) is 5.92 Å². The molecule has 1 aliphatic rings. The maximum absolute atomic E-state index is 12.4. The lowest BCUT2D eigenvalue weighted by molar-refractivity contribution is -0.138. The molecule has 0 radical (unpaired) electrons. The Kier molecular flexibility index (Phi) is 4.02. The fourth-order valence-electron chi connectivity index (χ4n) is 2.47. The summed E-state index contributed by atoms with van der Waals surface area (Å²) < 4.78 is 0. The van der Waals surface area contributed by atoms with Crippen LogP contribution in [0.4, 0.5) is 0 Å². The van der Waals surface area contributed by atoms with Gasteiger partial charge < -0.3 is 10.2 Å². The molecule has 18 heavy (non-hydrogen) atoms. The highest BCUT2D eigenvalue weighted by Crippen LogP contribution is 2.15. The Morgan fingerprint density at radius 1 is 1.33 bits per heavy atom. The van der Waals surface area contributed by atoms with Gasteiger partial charge in [0.05, 0.1) is 6.04 Å². The zero-order valence-corrected chi connectivity index (χ0v) is 11.4. The molecule has 98 valence electrons. The van der Waals surface area contributed by atoms with Gasteiger partial charge in [-0.3, -0.25) is 4.79 Å². The van der Waals surface area contributed by atoms with E-state index in [9.17, 15) is 4.79 Å². The molecule has 1 saturated heterocycles. The van der Waals surface area contributed by atoms with E-state index >= 15 is 0 Å². The van der Waals surface area contributed by atoms with E-state index < -0.39 is 0 Å². The van der Waals surface area contributed by atoms with Crippen LogP contribution < -0.4 is 5.32 Å². The summed E-state index contributed by atoms with van der Waals surface area (Å²) in [7, 11) is 0. The molecule has 1 aliphatic heterocycles. The quantitative estimate of drug-likeness (QED) is 0.885. The number of hydrogen-bond donors (Lipinski definition) is 1. The first-order valence-electron chi connectivity index (χ1n) is 6.66. The van der Waals surface area contributed by atoms with E-state index in [0.717, 1.165) is 13.1 Å². The van der Waals surface area contributed by atoms with Crippen molar-refractivity contribution >= 4 is 5.91 Å². The average molecular weight is 246 g/mol. The Hall–Kier alpha value is -1.35. The monoisotopic (exact) mass is 246 g/mol. The number of hydrogen-bond acceptors (Lipinski definition) is 2. The summed E-state index contributed by atoms with van der Waals surface area (Å²) in [5.74, 6) is 0.561. The highest BCUT2D eigenvalue weighted by Gasteiger charge is 2.33. The Balaban J connectivity index is 2.09. The van der Waals surface area contributed by atoms with Crippen molar-refractivity contribution in [3.63, 3.8) is 0 Å². The molecule has 1 unspecified atom stereocenters. The van der Waals surface area contributed by atoms with Crippen LogP contribution in [0.15, 0.2) is 30.3 Å². The Labute approximate surface area is 109 Å². The average Bonchev–Trinajstić information content (AvgIpc) is 2.34. The van der Waals surface area contributed by atoms with Crippen molar-refractivity contribution in [3.8, 4) is 0 Å². The number of carbonyl (C=O) groups excluding carboxylic acids is 1. The van der Waals surface area contributed by atoms with Gasteiger partial charge in [0.15, 0.2) is 0 Å². The van der Waals surface area contributed by atoms with Gasteiger partial charge in [-0.1, -0.05) is 44.2 Å². The number of carbonyl (C=O) groups is 1. The number of piperazine rings is 1. The van der Waals surface area contributed by atoms with Gasteiger partial charge in [-0.15, -0.1) is 0 Å². The van der Waals surface area contributed by atoms with Crippen molar-refractivity contribution < 1.29 is 4.79 Å². The van der Waals surface area contributed by atoms with Crippen molar-refractivity contribution in [2.45, 2.75) is 39.4 Å². The smallest absolute Gasteiger partial charge is 0.240 e. The van der Waals surface area contributed by atoms with Gasteiger partial charge in [0.2, 0.25) is 5.91 Å². The molecule has 2 rings (SSSR count). The SMILES string of the molecule is CC1CN(Cc2ccccc2)C(=O)[C@@H](C(C)C)N1. The lowest BCUT2D eigenvalue weighted by atomic mass is 9.98. The standard InChI is InChI=1S/C15H22N2O/c1-11(2)14-15(18)17(9-12(3)16-14)10-13-7-5-4-6-8-13/h4-8,11-12,14,16H,9-10H2,1-3H3/t12?,14-/m1/s1. The topological polar surface area (TPSA) is 32.3 Å². The van der Waals surface area contributed by atoms with E-state index in [1.54, 1.807) is 0 Å². The van der Waals surface area contributed by atoms with Crippen LogP contribution in [-0.2, 0) is 11.3 Å². The Morgan fingerprint density at radius 2 is 2.00 bits per heavy atom. The van der Waals surface area contributed by atoms with Crippen molar-refractivity contribution in [2.24, 2.45) is 5.92 Å². The Morgan fingerprint density at radius 3 is 2.61 bits per heavy atom. The van der Waals surface area contributed by atoms with E-state index in [0.29, 0.717) is 12.0 Å². The molecule has 1 N–H and O–H groups in total. The maximum atomic E-state index is 12.4. The van der Waals surface area contributed by atoms with Gasteiger partial charge in [-0.25, -0.2) is 0 Å². The minimum Gasteiger partial charge on any atom is -0.335 e. The first-order chi connectivity index (χ1) is 8.58. The summed E-state index contributed by atoms with van der Waals surface area (Å²) in [6.07, 6.45) is 0. The van der Waals surface area contributed by atoms with Crippen LogP contribution in [-0.4, -0.2) is 29.4 Å². The molecule has 3 heteroatoms. The van der Waals surface area contributed by atoms with Crippen LogP contribution in [0.3, 0.4) is 0 Å². The molecule has 0 bridgehead atoms. The van der Waals surface area contributed by atoms with Crippen LogP contribution in [0.2, 0.25) is 0 Å². The molecule has 1 aromatic rings. The van der Waals surface area contributed by atoms with E-state index in [1.807, 2.05) is 23.1 Å². The van der Waals surface area contributed by atoms with Gasteiger partial charge in [0, 0.05) is 19.1 Å². The van der Waals surface area contributed by atoms with Crippen LogP contribution in [0.5, 0.6) is 0 Å². The highest BCUT2D eigenvalue weighted by molar-refractivity contribution is 5.83. The van der Waals surface area contributed by atoms with Crippen molar-refractivity contribution in [1.29, 1.82) is 0 Å². The molecule has 1 heterocycles. The van der Waals surface area contributed by atoms with Crippen LogP contribution in [0.1, 0.15) is 26.3 Å². The zero-order chi connectivity index (χ0) is 13.1. The number of amides is 1. The van der Waals surface area contributed by atoms with Gasteiger partial charge >= 0.3 is 0 Å². The molecule has 3 nitrogen and oxygen atoms in total. The predicted octanol–water partition coefficient (Wildman–Crippen LogP) is 2.03. The van der Waals surface area contributed by atoms with Crippen LogP contribution >= 0.6 is 0 Å². The molecule has 0 spiro atoms. The third-order valence-corrected chi connectivity index (χ3v) is 3.42. The number of nitrogens with one attached hydrogen (secondary N) is 1. The second-order valence-corrected chi connectivity index (χ2v) is 5.49. The number of nitrogens with zero attached hydrogens (tertiary/aromatic N) is 1. The zero-order valence-electron chi connectivity index (χ0n) is 11.4. The van der Waals surface area contributed by atoms with Crippen molar-refractivity contribution in [1.82, 2.24) is 10.2 Å². The van der Waals surface area contributed by atoms with Crippen LogP contribution in [0.25, 0.3) is 0 Å². The maximum Gasteiger partial charge on any atom is 0.240 e. The molecule has 2 atom stereocenters. The van der Waals surface area contributed by atoms with Gasteiger partial charge in [0.1, 0.15) is 0 Å². The van der Waals surface area contributed by atoms with E-state index in [1.165, 1.54) is 5.56 Å². The number of rotatable bonds is 3. The van der Waals surface area contributed by atoms with Gasteiger partial charge in [0.25, 0.3) is 0 Å². The summed E-state index contributed by atoms with van der Waals surface area (Å²) in [6.45, 7) is 7.83. The normalized spacial score (nSPS) is 24.7. The molecule has 1 aromatic carbocycles. The first-order valence-corrected chi connectivity index (χ1v) is 6.66. The second kappa shape index (κ2) is 5.53.